The highest BCUT2D eigenvalue weighted by Crippen LogP contribution is 2.18. The van der Waals surface area contributed by atoms with Crippen LogP contribution >= 0.6 is 0 Å². The van der Waals surface area contributed by atoms with E-state index in [1.165, 1.54) is 0 Å². The highest BCUT2D eigenvalue weighted by atomic mass is 16.2. The molecule has 0 radical (unpaired) electrons. The molecule has 0 aromatic carbocycles. The Hall–Kier alpha value is -2.11. The third-order valence-electron chi connectivity index (χ3n) is 3.23. The Morgan fingerprint density at radius 2 is 2.14 bits per heavy atom. The second-order valence-electron chi connectivity index (χ2n) is 5.25. The monoisotopic (exact) mass is 290 g/mol. The van der Waals surface area contributed by atoms with Crippen molar-refractivity contribution in [3.63, 3.8) is 0 Å². The van der Waals surface area contributed by atoms with Crippen molar-refractivity contribution >= 4 is 17.5 Å². The molecule has 1 saturated carbocycles. The molecule has 21 heavy (non-hydrogen) atoms. The molecular weight excluding hydrogens is 268 g/mol. The topological polar surface area (TPSA) is 83.1 Å². The molecule has 6 heteroatoms. The minimum Gasteiger partial charge on any atom is -0.385 e. The first kappa shape index (κ1) is 15.3. The maximum atomic E-state index is 12.1. The number of aromatic nitrogens is 1. The minimum atomic E-state index is -0.210. The fraction of sp³-hybridized carbons (Fsp3) is 0.533. The van der Waals surface area contributed by atoms with Gasteiger partial charge in [-0.15, -0.1) is 0 Å². The first-order valence-electron chi connectivity index (χ1n) is 7.38. The Kier molecular flexibility index (Phi) is 5.14. The van der Waals surface area contributed by atoms with Crippen LogP contribution in [-0.4, -0.2) is 35.9 Å². The third kappa shape index (κ3) is 4.73. The zero-order chi connectivity index (χ0) is 15.2. The first-order valence-corrected chi connectivity index (χ1v) is 7.38. The summed E-state index contributed by atoms with van der Waals surface area (Å²) in [7, 11) is 0. The second-order valence-corrected chi connectivity index (χ2v) is 5.25. The van der Waals surface area contributed by atoms with Crippen LogP contribution in [0.5, 0.6) is 0 Å². The van der Waals surface area contributed by atoms with Gasteiger partial charge in [-0.2, -0.15) is 0 Å². The quantitative estimate of drug-likeness (QED) is 0.705. The summed E-state index contributed by atoms with van der Waals surface area (Å²) in [5.41, 5.74) is 2.13. The van der Waals surface area contributed by atoms with Crippen molar-refractivity contribution in [3.8, 4) is 0 Å². The van der Waals surface area contributed by atoms with Crippen LogP contribution in [0.3, 0.4) is 0 Å². The fourth-order valence-electron chi connectivity index (χ4n) is 1.99. The Balaban J connectivity index is 1.85. The summed E-state index contributed by atoms with van der Waals surface area (Å²) < 4.78 is 0. The van der Waals surface area contributed by atoms with Crippen molar-refractivity contribution in [2.45, 2.75) is 39.2 Å². The number of hydrogen-bond acceptors (Lipinski definition) is 4. The first-order chi connectivity index (χ1) is 10.1. The zero-order valence-corrected chi connectivity index (χ0v) is 12.5. The van der Waals surface area contributed by atoms with Crippen molar-refractivity contribution in [1.82, 2.24) is 15.6 Å². The zero-order valence-electron chi connectivity index (χ0n) is 12.5. The van der Waals surface area contributed by atoms with E-state index >= 15 is 0 Å². The van der Waals surface area contributed by atoms with Gasteiger partial charge in [0, 0.05) is 37.4 Å². The molecule has 0 saturated heterocycles. The summed E-state index contributed by atoms with van der Waals surface area (Å²) >= 11 is 0. The smallest absolute Gasteiger partial charge is 0.254 e. The molecule has 0 aliphatic heterocycles. The molecule has 1 aliphatic rings. The van der Waals surface area contributed by atoms with Crippen LogP contribution in [0.2, 0.25) is 0 Å². The molecule has 2 rings (SSSR count). The Labute approximate surface area is 124 Å². The van der Waals surface area contributed by atoms with Crippen LogP contribution in [-0.2, 0) is 4.79 Å². The van der Waals surface area contributed by atoms with Crippen LogP contribution in [0.15, 0.2) is 12.3 Å². The summed E-state index contributed by atoms with van der Waals surface area (Å²) in [5.74, 6) is -0.218. The lowest BCUT2D eigenvalue weighted by molar-refractivity contribution is -0.121. The summed E-state index contributed by atoms with van der Waals surface area (Å²) in [6, 6.07) is 2.20. The maximum Gasteiger partial charge on any atom is 0.254 e. The molecular formula is C15H22N4O2. The fourth-order valence-corrected chi connectivity index (χ4v) is 1.99. The molecule has 0 spiro atoms. The molecule has 1 heterocycles. The highest BCUT2D eigenvalue weighted by molar-refractivity contribution is 5.99. The number of amides is 2. The van der Waals surface area contributed by atoms with E-state index in [0.717, 1.165) is 30.8 Å². The average Bonchev–Trinajstić information content (AvgIpc) is 3.23. The van der Waals surface area contributed by atoms with Gasteiger partial charge in [0.15, 0.2) is 0 Å². The van der Waals surface area contributed by atoms with Gasteiger partial charge in [-0.3, -0.25) is 14.6 Å². The lowest BCUT2D eigenvalue weighted by atomic mass is 10.2. The van der Waals surface area contributed by atoms with Crippen LogP contribution in [0.25, 0.3) is 0 Å². The molecule has 114 valence electrons. The molecule has 1 fully saturated rings. The SMILES string of the molecule is CCNc1cc(C)ncc1C(=O)NCCC(=O)NC1CC1. The van der Waals surface area contributed by atoms with E-state index in [2.05, 4.69) is 20.9 Å². The standard InChI is InChI=1S/C15H22N4O2/c1-3-16-13-8-10(2)18-9-12(13)15(21)17-7-6-14(20)19-11-4-5-11/h8-9,11H,3-7H2,1-2H3,(H,16,18)(H,17,21)(H,19,20). The van der Waals surface area contributed by atoms with Crippen molar-refractivity contribution < 1.29 is 9.59 Å². The van der Waals surface area contributed by atoms with Crippen molar-refractivity contribution in [2.24, 2.45) is 0 Å². The summed E-state index contributed by atoms with van der Waals surface area (Å²) in [5, 5.41) is 8.80. The normalized spacial score (nSPS) is 13.6. The van der Waals surface area contributed by atoms with Gasteiger partial charge in [-0.1, -0.05) is 0 Å². The molecule has 0 unspecified atom stereocenters. The van der Waals surface area contributed by atoms with E-state index in [1.54, 1.807) is 6.20 Å². The van der Waals surface area contributed by atoms with E-state index in [-0.39, 0.29) is 11.8 Å². The lowest BCUT2D eigenvalue weighted by Crippen LogP contribution is -2.32. The van der Waals surface area contributed by atoms with Gasteiger partial charge in [0.2, 0.25) is 5.91 Å². The van der Waals surface area contributed by atoms with Gasteiger partial charge in [0.1, 0.15) is 0 Å². The predicted molar refractivity (Wildman–Crippen MR) is 81.3 cm³/mol. The Bertz CT molecular complexity index is 526. The third-order valence-corrected chi connectivity index (χ3v) is 3.23. The van der Waals surface area contributed by atoms with E-state index < -0.39 is 0 Å². The summed E-state index contributed by atoms with van der Waals surface area (Å²) in [6.07, 6.45) is 4.00. The molecule has 2 amide bonds. The highest BCUT2D eigenvalue weighted by Gasteiger charge is 2.22. The van der Waals surface area contributed by atoms with E-state index in [9.17, 15) is 9.59 Å². The molecule has 1 aromatic heterocycles. The van der Waals surface area contributed by atoms with Crippen molar-refractivity contribution in [1.29, 1.82) is 0 Å². The summed E-state index contributed by atoms with van der Waals surface area (Å²) in [6.45, 7) is 4.91. The lowest BCUT2D eigenvalue weighted by Gasteiger charge is -2.11. The molecule has 6 nitrogen and oxygen atoms in total. The van der Waals surface area contributed by atoms with Crippen LogP contribution in [0.1, 0.15) is 42.2 Å². The molecule has 0 atom stereocenters. The van der Waals surface area contributed by atoms with Crippen molar-refractivity contribution in [2.75, 3.05) is 18.4 Å². The predicted octanol–water partition coefficient (Wildman–Crippen LogP) is 1.22. The van der Waals surface area contributed by atoms with Crippen LogP contribution < -0.4 is 16.0 Å². The number of anilines is 1. The van der Waals surface area contributed by atoms with Gasteiger partial charge in [0.25, 0.3) is 5.91 Å². The maximum absolute atomic E-state index is 12.1. The van der Waals surface area contributed by atoms with Gasteiger partial charge in [0.05, 0.1) is 11.3 Å². The van der Waals surface area contributed by atoms with E-state index in [0.29, 0.717) is 24.6 Å². The van der Waals surface area contributed by atoms with Crippen LogP contribution in [0.4, 0.5) is 5.69 Å². The number of rotatable bonds is 7. The Morgan fingerprint density at radius 3 is 2.81 bits per heavy atom. The number of nitrogens with one attached hydrogen (secondary N) is 3. The van der Waals surface area contributed by atoms with Crippen LogP contribution in [0, 0.1) is 6.92 Å². The average molecular weight is 290 g/mol. The van der Waals surface area contributed by atoms with Gasteiger partial charge in [-0.05, 0) is 32.8 Å². The number of pyridine rings is 1. The van der Waals surface area contributed by atoms with Crippen molar-refractivity contribution in [3.05, 3.63) is 23.5 Å². The van der Waals surface area contributed by atoms with E-state index in [4.69, 9.17) is 0 Å². The Morgan fingerprint density at radius 1 is 1.38 bits per heavy atom. The van der Waals surface area contributed by atoms with Gasteiger partial charge in [-0.25, -0.2) is 0 Å². The number of carbonyl (C=O) groups is 2. The number of hydrogen-bond donors (Lipinski definition) is 3. The molecule has 1 aromatic rings. The van der Waals surface area contributed by atoms with E-state index in [1.807, 2.05) is 19.9 Å². The number of aryl methyl sites for hydroxylation is 1. The number of nitrogens with zero attached hydrogens (tertiary/aromatic N) is 1. The molecule has 3 N–H and O–H groups in total. The minimum absolute atomic E-state index is 0.00765. The number of carbonyl (C=O) groups excluding carboxylic acids is 2. The van der Waals surface area contributed by atoms with Gasteiger partial charge >= 0.3 is 0 Å². The molecule has 1 aliphatic carbocycles. The van der Waals surface area contributed by atoms with Gasteiger partial charge < -0.3 is 16.0 Å². The second kappa shape index (κ2) is 7.06. The largest absolute Gasteiger partial charge is 0.385 e. The summed E-state index contributed by atoms with van der Waals surface area (Å²) in [4.78, 5) is 27.8. The molecule has 0 bridgehead atoms.